The second kappa shape index (κ2) is 6.75. The number of nitrogens with zero attached hydrogens (tertiary/aromatic N) is 2. The summed E-state index contributed by atoms with van der Waals surface area (Å²) in [7, 11) is 0. The maximum absolute atomic E-state index is 12.3. The zero-order chi connectivity index (χ0) is 17.1. The lowest BCUT2D eigenvalue weighted by Crippen LogP contribution is -2.35. The van der Waals surface area contributed by atoms with Gasteiger partial charge in [0.15, 0.2) is 0 Å². The fraction of sp³-hybridized carbons (Fsp3) is 0.308. The number of carbonyl (C=O) groups is 3. The summed E-state index contributed by atoms with van der Waals surface area (Å²) in [5.74, 6) is -2.41. The molecule has 2 unspecified atom stereocenters. The molecule has 1 aromatic carbocycles. The number of anilines is 1. The number of carboxylic acids is 1. The number of carboxylic acid groups (broad SMARTS) is 1. The summed E-state index contributed by atoms with van der Waals surface area (Å²) >= 11 is 0.957. The molecule has 2 atom stereocenters. The van der Waals surface area contributed by atoms with Crippen molar-refractivity contribution in [2.75, 3.05) is 10.7 Å². The number of para-hydroxylation sites is 2. The molecule has 1 heterocycles. The smallest absolute Gasteiger partial charge is 0.321 e. The zero-order valence-electron chi connectivity index (χ0n) is 11.7. The Kier molecular flexibility index (Phi) is 4.96. The van der Waals surface area contributed by atoms with Crippen LogP contribution in [-0.2, 0) is 14.4 Å². The topological polar surface area (TPSA) is 144 Å². The van der Waals surface area contributed by atoms with Gasteiger partial charge in [-0.2, -0.15) is 0 Å². The molecule has 23 heavy (non-hydrogen) atoms. The molecule has 1 saturated heterocycles. The highest BCUT2D eigenvalue weighted by molar-refractivity contribution is 8.00. The number of imide groups is 1. The van der Waals surface area contributed by atoms with Crippen molar-refractivity contribution in [3.8, 4) is 0 Å². The summed E-state index contributed by atoms with van der Waals surface area (Å²) in [4.78, 5) is 46.2. The summed E-state index contributed by atoms with van der Waals surface area (Å²) in [6.45, 7) is 0. The van der Waals surface area contributed by atoms with E-state index in [0.29, 0.717) is 0 Å². The van der Waals surface area contributed by atoms with E-state index in [-0.39, 0.29) is 23.5 Å². The first-order chi connectivity index (χ1) is 10.8. The Labute approximate surface area is 134 Å². The van der Waals surface area contributed by atoms with Crippen molar-refractivity contribution in [1.82, 2.24) is 0 Å². The van der Waals surface area contributed by atoms with Gasteiger partial charge in [-0.1, -0.05) is 12.1 Å². The van der Waals surface area contributed by atoms with E-state index in [0.717, 1.165) is 16.7 Å². The van der Waals surface area contributed by atoms with Gasteiger partial charge in [-0.15, -0.1) is 11.8 Å². The highest BCUT2D eigenvalue weighted by Crippen LogP contribution is 2.34. The molecule has 0 aliphatic carbocycles. The number of rotatable bonds is 6. The Morgan fingerprint density at radius 2 is 2.13 bits per heavy atom. The van der Waals surface area contributed by atoms with Crippen LogP contribution in [-0.4, -0.2) is 44.9 Å². The molecule has 0 spiro atoms. The molecule has 3 N–H and O–H groups in total. The van der Waals surface area contributed by atoms with Crippen molar-refractivity contribution in [3.05, 3.63) is 34.4 Å². The minimum absolute atomic E-state index is 0.0380. The fourth-order valence-electron chi connectivity index (χ4n) is 2.09. The first kappa shape index (κ1) is 16.9. The minimum Gasteiger partial charge on any atom is -0.480 e. The van der Waals surface area contributed by atoms with Crippen LogP contribution in [0.25, 0.3) is 0 Å². The van der Waals surface area contributed by atoms with Crippen molar-refractivity contribution in [1.29, 1.82) is 0 Å². The molecule has 0 bridgehead atoms. The van der Waals surface area contributed by atoms with Crippen molar-refractivity contribution in [2.24, 2.45) is 5.73 Å². The Balaban J connectivity index is 2.19. The van der Waals surface area contributed by atoms with Gasteiger partial charge in [0.1, 0.15) is 11.7 Å². The molecular formula is C13H13N3O6S. The zero-order valence-corrected chi connectivity index (χ0v) is 12.6. The van der Waals surface area contributed by atoms with Gasteiger partial charge >= 0.3 is 5.97 Å². The quantitative estimate of drug-likeness (QED) is 0.430. The standard InChI is InChI=1S/C13H13N3O6S/c14-7(13(19)20)6-23-10-5-11(17)15(12(10)18)8-3-1-2-4-9(8)16(21)22/h1-4,7,10H,5-6,14H2,(H,19,20). The van der Waals surface area contributed by atoms with Crippen LogP contribution in [0.2, 0.25) is 0 Å². The number of carbonyl (C=O) groups excluding carboxylic acids is 2. The number of thioether (sulfide) groups is 1. The van der Waals surface area contributed by atoms with Crippen LogP contribution < -0.4 is 10.6 Å². The second-order valence-corrected chi connectivity index (χ2v) is 6.02. The summed E-state index contributed by atoms with van der Waals surface area (Å²) in [6, 6.07) is 4.30. The molecule has 1 aliphatic rings. The molecule has 2 rings (SSSR count). The molecule has 0 aromatic heterocycles. The molecular weight excluding hydrogens is 326 g/mol. The Morgan fingerprint density at radius 1 is 1.48 bits per heavy atom. The van der Waals surface area contributed by atoms with Gasteiger partial charge in [-0.05, 0) is 6.07 Å². The lowest BCUT2D eigenvalue weighted by Gasteiger charge is -2.15. The van der Waals surface area contributed by atoms with Crippen molar-refractivity contribution in [2.45, 2.75) is 17.7 Å². The predicted molar refractivity (Wildman–Crippen MR) is 82.1 cm³/mol. The number of aliphatic carboxylic acids is 1. The van der Waals surface area contributed by atoms with Gasteiger partial charge in [-0.25, -0.2) is 4.90 Å². The normalized spacial score (nSPS) is 19.0. The average Bonchev–Trinajstić information content (AvgIpc) is 2.78. The molecule has 9 nitrogen and oxygen atoms in total. The highest BCUT2D eigenvalue weighted by atomic mass is 32.2. The van der Waals surface area contributed by atoms with Crippen molar-refractivity contribution < 1.29 is 24.4 Å². The summed E-state index contributed by atoms with van der Waals surface area (Å²) in [5, 5.41) is 19.0. The van der Waals surface area contributed by atoms with Gasteiger partial charge in [0.25, 0.3) is 5.69 Å². The maximum atomic E-state index is 12.3. The summed E-state index contributed by atoms with van der Waals surface area (Å²) in [5.41, 5.74) is 4.93. The van der Waals surface area contributed by atoms with E-state index in [2.05, 4.69) is 0 Å². The monoisotopic (exact) mass is 339 g/mol. The number of amides is 2. The molecule has 10 heteroatoms. The summed E-state index contributed by atoms with van der Waals surface area (Å²) in [6.07, 6.45) is -0.151. The van der Waals surface area contributed by atoms with Crippen LogP contribution >= 0.6 is 11.8 Å². The number of nitrogens with two attached hydrogens (primary N) is 1. The molecule has 1 aromatic rings. The van der Waals surface area contributed by atoms with E-state index >= 15 is 0 Å². The Bertz CT molecular complexity index is 679. The minimum atomic E-state index is -1.20. The molecule has 0 radical (unpaired) electrons. The highest BCUT2D eigenvalue weighted by Gasteiger charge is 2.42. The lowest BCUT2D eigenvalue weighted by molar-refractivity contribution is -0.384. The first-order valence-electron chi connectivity index (χ1n) is 6.53. The van der Waals surface area contributed by atoms with Gasteiger partial charge < -0.3 is 10.8 Å². The maximum Gasteiger partial charge on any atom is 0.321 e. The largest absolute Gasteiger partial charge is 0.480 e. The Morgan fingerprint density at radius 3 is 2.74 bits per heavy atom. The van der Waals surface area contributed by atoms with Gasteiger partial charge in [0, 0.05) is 18.2 Å². The van der Waals surface area contributed by atoms with Crippen LogP contribution in [0, 0.1) is 10.1 Å². The predicted octanol–water partition coefficient (Wildman–Crippen LogP) is 0.372. The number of hydrogen-bond donors (Lipinski definition) is 2. The van der Waals surface area contributed by atoms with Crippen LogP contribution in [0.3, 0.4) is 0 Å². The number of nitro benzene ring substituents is 1. The number of nitro groups is 1. The second-order valence-electron chi connectivity index (χ2n) is 4.78. The van der Waals surface area contributed by atoms with Crippen molar-refractivity contribution in [3.63, 3.8) is 0 Å². The number of benzene rings is 1. The van der Waals surface area contributed by atoms with Gasteiger partial charge in [0.05, 0.1) is 10.2 Å². The van der Waals surface area contributed by atoms with E-state index in [9.17, 15) is 24.5 Å². The fourth-order valence-corrected chi connectivity index (χ4v) is 3.18. The Hall–Kier alpha value is -2.46. The third-order valence-electron chi connectivity index (χ3n) is 3.22. The molecule has 1 fully saturated rings. The molecule has 0 saturated carbocycles. The SMILES string of the molecule is NC(CSC1CC(=O)N(c2ccccc2[N+](=O)[O-])C1=O)C(=O)O. The van der Waals surface area contributed by atoms with E-state index in [1.54, 1.807) is 0 Å². The lowest BCUT2D eigenvalue weighted by atomic mass is 10.2. The van der Waals surface area contributed by atoms with Crippen LogP contribution in [0.1, 0.15) is 6.42 Å². The van der Waals surface area contributed by atoms with Gasteiger partial charge in [0.2, 0.25) is 11.8 Å². The van der Waals surface area contributed by atoms with E-state index in [1.165, 1.54) is 24.3 Å². The molecule has 2 amide bonds. The third-order valence-corrected chi connectivity index (χ3v) is 4.54. The average molecular weight is 339 g/mol. The third kappa shape index (κ3) is 3.48. The molecule has 1 aliphatic heterocycles. The van der Waals surface area contributed by atoms with Gasteiger partial charge in [-0.3, -0.25) is 24.5 Å². The first-order valence-corrected chi connectivity index (χ1v) is 7.58. The molecule has 122 valence electrons. The van der Waals surface area contributed by atoms with Crippen molar-refractivity contribution >= 4 is 40.9 Å². The van der Waals surface area contributed by atoms with Crippen LogP contribution in [0.4, 0.5) is 11.4 Å². The van der Waals surface area contributed by atoms with Crippen LogP contribution in [0.15, 0.2) is 24.3 Å². The van der Waals surface area contributed by atoms with E-state index in [4.69, 9.17) is 10.8 Å². The van der Waals surface area contributed by atoms with E-state index < -0.39 is 34.0 Å². The summed E-state index contributed by atoms with van der Waals surface area (Å²) < 4.78 is 0. The van der Waals surface area contributed by atoms with E-state index in [1.807, 2.05) is 0 Å². The number of hydrogen-bond acceptors (Lipinski definition) is 7. The van der Waals surface area contributed by atoms with Crippen LogP contribution in [0.5, 0.6) is 0 Å².